The zero-order valence-corrected chi connectivity index (χ0v) is 9.54. The Morgan fingerprint density at radius 1 is 1.13 bits per heavy atom. The quantitative estimate of drug-likeness (QED) is 0.754. The molecule has 2 rings (SSSR count). The van der Waals surface area contributed by atoms with Crippen molar-refractivity contribution in [3.63, 3.8) is 0 Å². The SMILES string of the molecule is Fc1ccc(-c2cc(CBr)ccn2)cc1. The van der Waals surface area contributed by atoms with Gasteiger partial charge in [-0.15, -0.1) is 0 Å². The lowest BCUT2D eigenvalue weighted by atomic mass is 10.1. The van der Waals surface area contributed by atoms with Gasteiger partial charge in [0.1, 0.15) is 5.82 Å². The van der Waals surface area contributed by atoms with Crippen molar-refractivity contribution in [1.82, 2.24) is 4.98 Å². The molecule has 0 bridgehead atoms. The van der Waals surface area contributed by atoms with Crippen molar-refractivity contribution < 1.29 is 4.39 Å². The van der Waals surface area contributed by atoms with Crippen LogP contribution < -0.4 is 0 Å². The van der Waals surface area contributed by atoms with E-state index in [1.165, 1.54) is 12.1 Å². The van der Waals surface area contributed by atoms with E-state index in [0.717, 1.165) is 22.2 Å². The first kappa shape index (κ1) is 10.3. The van der Waals surface area contributed by atoms with Gasteiger partial charge < -0.3 is 0 Å². The molecular formula is C12H9BrFN. The first-order valence-electron chi connectivity index (χ1n) is 4.56. The molecule has 0 spiro atoms. The number of alkyl halides is 1. The molecule has 15 heavy (non-hydrogen) atoms. The summed E-state index contributed by atoms with van der Waals surface area (Å²) >= 11 is 3.39. The molecule has 0 radical (unpaired) electrons. The molecule has 0 unspecified atom stereocenters. The highest BCUT2D eigenvalue weighted by molar-refractivity contribution is 9.08. The second kappa shape index (κ2) is 4.53. The van der Waals surface area contributed by atoms with Crippen molar-refractivity contribution in [2.45, 2.75) is 5.33 Å². The van der Waals surface area contributed by atoms with Gasteiger partial charge in [0.25, 0.3) is 0 Å². The predicted molar refractivity (Wildman–Crippen MR) is 62.3 cm³/mol. The van der Waals surface area contributed by atoms with Gasteiger partial charge in [-0.2, -0.15) is 0 Å². The van der Waals surface area contributed by atoms with Crippen LogP contribution in [0.25, 0.3) is 11.3 Å². The number of benzene rings is 1. The molecule has 1 aromatic carbocycles. The molecule has 0 aliphatic carbocycles. The molecule has 0 aliphatic heterocycles. The molecule has 2 aromatic rings. The van der Waals surface area contributed by atoms with Gasteiger partial charge in [0, 0.05) is 17.1 Å². The van der Waals surface area contributed by atoms with Crippen molar-refractivity contribution in [2.75, 3.05) is 0 Å². The standard InChI is InChI=1S/C12H9BrFN/c13-8-9-5-6-15-12(7-9)10-1-3-11(14)4-2-10/h1-7H,8H2. The molecular weight excluding hydrogens is 257 g/mol. The van der Waals surface area contributed by atoms with Crippen LogP contribution in [0.2, 0.25) is 0 Å². The van der Waals surface area contributed by atoms with Gasteiger partial charge in [0.2, 0.25) is 0 Å². The Labute approximate surface area is 96.1 Å². The first-order chi connectivity index (χ1) is 7.29. The first-order valence-corrected chi connectivity index (χ1v) is 5.68. The fraction of sp³-hybridized carbons (Fsp3) is 0.0833. The third kappa shape index (κ3) is 2.42. The third-order valence-corrected chi connectivity index (χ3v) is 2.77. The van der Waals surface area contributed by atoms with E-state index in [9.17, 15) is 4.39 Å². The summed E-state index contributed by atoms with van der Waals surface area (Å²) in [6.07, 6.45) is 1.76. The van der Waals surface area contributed by atoms with E-state index in [1.807, 2.05) is 12.1 Å². The highest BCUT2D eigenvalue weighted by Gasteiger charge is 2.00. The summed E-state index contributed by atoms with van der Waals surface area (Å²) in [5.41, 5.74) is 2.95. The van der Waals surface area contributed by atoms with Crippen molar-refractivity contribution in [3.8, 4) is 11.3 Å². The van der Waals surface area contributed by atoms with Crippen LogP contribution in [0.4, 0.5) is 4.39 Å². The Balaban J connectivity index is 2.40. The molecule has 0 fully saturated rings. The van der Waals surface area contributed by atoms with E-state index < -0.39 is 0 Å². The lowest BCUT2D eigenvalue weighted by Gasteiger charge is -2.02. The number of hydrogen-bond acceptors (Lipinski definition) is 1. The minimum absolute atomic E-state index is 0.226. The summed E-state index contributed by atoms with van der Waals surface area (Å²) < 4.78 is 12.7. The van der Waals surface area contributed by atoms with Crippen molar-refractivity contribution in [2.24, 2.45) is 0 Å². The lowest BCUT2D eigenvalue weighted by molar-refractivity contribution is 0.628. The van der Waals surface area contributed by atoms with Crippen molar-refractivity contribution in [3.05, 3.63) is 54.0 Å². The number of aromatic nitrogens is 1. The molecule has 0 amide bonds. The molecule has 0 saturated heterocycles. The lowest BCUT2D eigenvalue weighted by Crippen LogP contribution is -1.86. The Morgan fingerprint density at radius 3 is 2.53 bits per heavy atom. The normalized spacial score (nSPS) is 10.3. The second-order valence-electron chi connectivity index (χ2n) is 3.19. The van der Waals surface area contributed by atoms with Gasteiger partial charge in [0.15, 0.2) is 0 Å². The molecule has 0 aliphatic rings. The van der Waals surface area contributed by atoms with Crippen LogP contribution in [0, 0.1) is 5.82 Å². The van der Waals surface area contributed by atoms with E-state index >= 15 is 0 Å². The average Bonchev–Trinajstić information content (AvgIpc) is 2.30. The van der Waals surface area contributed by atoms with Crippen molar-refractivity contribution in [1.29, 1.82) is 0 Å². The largest absolute Gasteiger partial charge is 0.256 e. The van der Waals surface area contributed by atoms with Crippen LogP contribution in [0.5, 0.6) is 0 Å². The average molecular weight is 266 g/mol. The summed E-state index contributed by atoms with van der Waals surface area (Å²) in [5.74, 6) is -0.226. The molecule has 3 heteroatoms. The monoisotopic (exact) mass is 265 g/mol. The molecule has 0 atom stereocenters. The Bertz CT molecular complexity index is 453. The van der Waals surface area contributed by atoms with E-state index in [0.29, 0.717) is 0 Å². The minimum Gasteiger partial charge on any atom is -0.256 e. The predicted octanol–water partition coefficient (Wildman–Crippen LogP) is 3.78. The van der Waals surface area contributed by atoms with Crippen LogP contribution >= 0.6 is 15.9 Å². The molecule has 1 nitrogen and oxygen atoms in total. The van der Waals surface area contributed by atoms with Gasteiger partial charge >= 0.3 is 0 Å². The number of hydrogen-bond donors (Lipinski definition) is 0. The highest BCUT2D eigenvalue weighted by Crippen LogP contribution is 2.19. The maximum Gasteiger partial charge on any atom is 0.123 e. The van der Waals surface area contributed by atoms with Gasteiger partial charge in [-0.25, -0.2) is 4.39 Å². The fourth-order valence-corrected chi connectivity index (χ4v) is 1.68. The van der Waals surface area contributed by atoms with Crippen LogP contribution in [0.15, 0.2) is 42.6 Å². The molecule has 0 N–H and O–H groups in total. The fourth-order valence-electron chi connectivity index (χ4n) is 1.34. The Hall–Kier alpha value is -1.22. The van der Waals surface area contributed by atoms with Crippen LogP contribution in [0.1, 0.15) is 5.56 Å². The second-order valence-corrected chi connectivity index (χ2v) is 3.75. The Morgan fingerprint density at radius 2 is 1.87 bits per heavy atom. The highest BCUT2D eigenvalue weighted by atomic mass is 79.9. The maximum atomic E-state index is 12.7. The van der Waals surface area contributed by atoms with Crippen LogP contribution in [-0.4, -0.2) is 4.98 Å². The maximum absolute atomic E-state index is 12.7. The van der Waals surface area contributed by atoms with Gasteiger partial charge in [-0.05, 0) is 42.0 Å². The Kier molecular flexibility index (Phi) is 3.11. The molecule has 1 heterocycles. The van der Waals surface area contributed by atoms with Crippen molar-refractivity contribution >= 4 is 15.9 Å². The van der Waals surface area contributed by atoms with Gasteiger partial charge in [-0.3, -0.25) is 4.98 Å². The van der Waals surface area contributed by atoms with Gasteiger partial charge in [-0.1, -0.05) is 15.9 Å². The van der Waals surface area contributed by atoms with E-state index in [2.05, 4.69) is 20.9 Å². The summed E-state index contributed by atoms with van der Waals surface area (Å²) in [7, 11) is 0. The number of nitrogens with zero attached hydrogens (tertiary/aromatic N) is 1. The zero-order chi connectivity index (χ0) is 10.7. The molecule has 1 aromatic heterocycles. The summed E-state index contributed by atoms with van der Waals surface area (Å²) in [6.45, 7) is 0. The number of halogens is 2. The van der Waals surface area contributed by atoms with E-state index in [1.54, 1.807) is 18.3 Å². The van der Waals surface area contributed by atoms with E-state index in [-0.39, 0.29) is 5.82 Å². The van der Waals surface area contributed by atoms with Gasteiger partial charge in [0.05, 0.1) is 5.69 Å². The summed E-state index contributed by atoms with van der Waals surface area (Å²) in [5, 5.41) is 0.795. The van der Waals surface area contributed by atoms with E-state index in [4.69, 9.17) is 0 Å². The van der Waals surface area contributed by atoms with Crippen LogP contribution in [0.3, 0.4) is 0 Å². The minimum atomic E-state index is -0.226. The molecule has 76 valence electrons. The number of pyridine rings is 1. The summed E-state index contributed by atoms with van der Waals surface area (Å²) in [6, 6.07) is 10.3. The zero-order valence-electron chi connectivity index (χ0n) is 7.95. The third-order valence-electron chi connectivity index (χ3n) is 2.12. The summed E-state index contributed by atoms with van der Waals surface area (Å²) in [4.78, 5) is 4.24. The van der Waals surface area contributed by atoms with Crippen LogP contribution in [-0.2, 0) is 5.33 Å². The molecule has 0 saturated carbocycles. The topological polar surface area (TPSA) is 12.9 Å². The smallest absolute Gasteiger partial charge is 0.123 e. The number of rotatable bonds is 2.